The second kappa shape index (κ2) is 5.72. The topological polar surface area (TPSA) is 55.6 Å². The molecule has 1 N–H and O–H groups in total. The summed E-state index contributed by atoms with van der Waals surface area (Å²) in [5.74, 6) is 0. The van der Waals surface area contributed by atoms with Gasteiger partial charge in [-0.1, -0.05) is 0 Å². The number of rotatable bonds is 4. The average molecular weight is 350 g/mol. The highest BCUT2D eigenvalue weighted by molar-refractivity contribution is 9.11. The second-order valence-electron chi connectivity index (χ2n) is 4.31. The Balaban J connectivity index is 1.72. The van der Waals surface area contributed by atoms with Gasteiger partial charge in [-0.25, -0.2) is 4.68 Å². The molecule has 3 aromatic rings. The van der Waals surface area contributed by atoms with Crippen molar-refractivity contribution in [2.45, 2.75) is 13.0 Å². The van der Waals surface area contributed by atoms with Gasteiger partial charge in [0, 0.05) is 10.6 Å². The molecule has 0 fully saturated rings. The zero-order valence-electron chi connectivity index (χ0n) is 10.7. The molecule has 2 heterocycles. The van der Waals surface area contributed by atoms with E-state index in [2.05, 4.69) is 55.8 Å². The molecular formula is C13H12BrN5S. The first-order chi connectivity index (χ1) is 9.72. The molecule has 0 aliphatic heterocycles. The minimum atomic E-state index is 0.269. The van der Waals surface area contributed by atoms with Crippen LogP contribution >= 0.6 is 27.3 Å². The van der Waals surface area contributed by atoms with E-state index in [4.69, 9.17) is 0 Å². The normalized spacial score (nSPS) is 12.3. The van der Waals surface area contributed by atoms with Gasteiger partial charge in [0.1, 0.15) is 6.33 Å². The monoisotopic (exact) mass is 349 g/mol. The lowest BCUT2D eigenvalue weighted by Gasteiger charge is -2.14. The molecule has 0 saturated heterocycles. The van der Waals surface area contributed by atoms with Crippen LogP contribution in [0.2, 0.25) is 0 Å². The van der Waals surface area contributed by atoms with E-state index < -0.39 is 0 Å². The number of benzene rings is 1. The lowest BCUT2D eigenvalue weighted by molar-refractivity contribution is 0.789. The van der Waals surface area contributed by atoms with Gasteiger partial charge in [0.25, 0.3) is 0 Å². The molecular weight excluding hydrogens is 338 g/mol. The van der Waals surface area contributed by atoms with Crippen molar-refractivity contribution in [1.29, 1.82) is 0 Å². The maximum atomic E-state index is 3.86. The van der Waals surface area contributed by atoms with Crippen molar-refractivity contribution in [1.82, 2.24) is 20.2 Å². The van der Waals surface area contributed by atoms with Crippen LogP contribution in [0.1, 0.15) is 17.8 Å². The summed E-state index contributed by atoms with van der Waals surface area (Å²) in [7, 11) is 0. The Morgan fingerprint density at radius 3 is 2.60 bits per heavy atom. The van der Waals surface area contributed by atoms with Crippen molar-refractivity contribution in [2.24, 2.45) is 0 Å². The van der Waals surface area contributed by atoms with Crippen molar-refractivity contribution in [3.63, 3.8) is 0 Å². The van der Waals surface area contributed by atoms with Crippen molar-refractivity contribution in [3.05, 3.63) is 51.4 Å². The second-order valence-corrected chi connectivity index (χ2v) is 6.80. The number of hydrogen-bond donors (Lipinski definition) is 1. The first-order valence-electron chi connectivity index (χ1n) is 6.07. The number of anilines is 1. The molecule has 7 heteroatoms. The van der Waals surface area contributed by atoms with Crippen LogP contribution in [0.25, 0.3) is 5.69 Å². The first kappa shape index (κ1) is 13.3. The van der Waals surface area contributed by atoms with Gasteiger partial charge in [-0.3, -0.25) is 0 Å². The number of halogens is 1. The summed E-state index contributed by atoms with van der Waals surface area (Å²) < 4.78 is 2.78. The number of nitrogens with zero attached hydrogens (tertiary/aromatic N) is 4. The molecule has 0 saturated carbocycles. The zero-order valence-corrected chi connectivity index (χ0v) is 13.1. The van der Waals surface area contributed by atoms with Crippen LogP contribution in [0.3, 0.4) is 0 Å². The largest absolute Gasteiger partial charge is 0.378 e. The Hall–Kier alpha value is -1.73. The van der Waals surface area contributed by atoms with Crippen molar-refractivity contribution >= 4 is 33.0 Å². The highest BCUT2D eigenvalue weighted by Gasteiger charge is 2.08. The average Bonchev–Trinajstić information content (AvgIpc) is 3.10. The third-order valence-corrected chi connectivity index (χ3v) is 4.69. The van der Waals surface area contributed by atoms with Crippen LogP contribution in [0, 0.1) is 0 Å². The summed E-state index contributed by atoms with van der Waals surface area (Å²) in [4.78, 5) is 1.29. The molecule has 3 rings (SSSR count). The smallest absolute Gasteiger partial charge is 0.143 e. The molecule has 1 atom stereocenters. The van der Waals surface area contributed by atoms with E-state index in [1.54, 1.807) is 22.3 Å². The molecule has 102 valence electrons. The quantitative estimate of drug-likeness (QED) is 0.780. The Bertz CT molecular complexity index is 677. The number of hydrogen-bond acceptors (Lipinski definition) is 5. The van der Waals surface area contributed by atoms with E-state index in [0.29, 0.717) is 0 Å². The fourth-order valence-electron chi connectivity index (χ4n) is 1.87. The molecule has 0 aliphatic carbocycles. The predicted molar refractivity (Wildman–Crippen MR) is 83.2 cm³/mol. The van der Waals surface area contributed by atoms with Gasteiger partial charge in [0.15, 0.2) is 0 Å². The predicted octanol–water partition coefficient (Wildman–Crippen LogP) is 3.66. The molecule has 20 heavy (non-hydrogen) atoms. The SMILES string of the molecule is CC(Nc1ccc(-n2cnnn2)cc1)c1ccc(Br)s1. The van der Waals surface area contributed by atoms with E-state index in [9.17, 15) is 0 Å². The minimum absolute atomic E-state index is 0.269. The van der Waals surface area contributed by atoms with Gasteiger partial charge >= 0.3 is 0 Å². The van der Waals surface area contributed by atoms with E-state index in [-0.39, 0.29) is 6.04 Å². The minimum Gasteiger partial charge on any atom is -0.378 e. The van der Waals surface area contributed by atoms with Gasteiger partial charge < -0.3 is 5.32 Å². The lowest BCUT2D eigenvalue weighted by Crippen LogP contribution is -2.05. The molecule has 1 aromatic carbocycles. The Morgan fingerprint density at radius 1 is 1.20 bits per heavy atom. The third kappa shape index (κ3) is 2.88. The maximum absolute atomic E-state index is 3.86. The van der Waals surface area contributed by atoms with Crippen molar-refractivity contribution in [3.8, 4) is 5.69 Å². The van der Waals surface area contributed by atoms with Crippen LogP contribution < -0.4 is 5.32 Å². The van der Waals surface area contributed by atoms with Crippen LogP contribution in [0.4, 0.5) is 5.69 Å². The molecule has 0 amide bonds. The Kier molecular flexibility index (Phi) is 3.79. The zero-order chi connectivity index (χ0) is 13.9. The molecule has 0 radical (unpaired) electrons. The highest BCUT2D eigenvalue weighted by Crippen LogP contribution is 2.29. The van der Waals surface area contributed by atoms with Gasteiger partial charge in [-0.15, -0.1) is 16.4 Å². The molecule has 5 nitrogen and oxygen atoms in total. The van der Waals surface area contributed by atoms with Gasteiger partial charge in [0.05, 0.1) is 15.5 Å². The highest BCUT2D eigenvalue weighted by atomic mass is 79.9. The van der Waals surface area contributed by atoms with Crippen LogP contribution in [0.15, 0.2) is 46.5 Å². The number of aromatic nitrogens is 4. The van der Waals surface area contributed by atoms with E-state index in [0.717, 1.165) is 15.2 Å². The van der Waals surface area contributed by atoms with E-state index >= 15 is 0 Å². The van der Waals surface area contributed by atoms with Crippen LogP contribution in [-0.2, 0) is 0 Å². The van der Waals surface area contributed by atoms with Gasteiger partial charge in [0.2, 0.25) is 0 Å². The van der Waals surface area contributed by atoms with E-state index in [1.165, 1.54) is 4.88 Å². The summed E-state index contributed by atoms with van der Waals surface area (Å²) in [6.45, 7) is 2.15. The fourth-order valence-corrected chi connectivity index (χ4v) is 3.30. The van der Waals surface area contributed by atoms with Crippen LogP contribution in [-0.4, -0.2) is 20.2 Å². The van der Waals surface area contributed by atoms with Gasteiger partial charge in [-0.05, 0) is 69.7 Å². The lowest BCUT2D eigenvalue weighted by atomic mass is 10.2. The molecule has 2 aromatic heterocycles. The number of nitrogens with one attached hydrogen (secondary N) is 1. The summed E-state index contributed by atoms with van der Waals surface area (Å²) >= 11 is 5.23. The van der Waals surface area contributed by atoms with Crippen LogP contribution in [0.5, 0.6) is 0 Å². The summed E-state index contributed by atoms with van der Waals surface area (Å²) in [6.07, 6.45) is 1.58. The number of thiophene rings is 1. The summed E-state index contributed by atoms with van der Waals surface area (Å²) in [5.41, 5.74) is 2.01. The molecule has 0 bridgehead atoms. The van der Waals surface area contributed by atoms with E-state index in [1.807, 2.05) is 24.3 Å². The van der Waals surface area contributed by atoms with Crippen molar-refractivity contribution in [2.75, 3.05) is 5.32 Å². The maximum Gasteiger partial charge on any atom is 0.143 e. The Labute approximate surface area is 128 Å². The fraction of sp³-hybridized carbons (Fsp3) is 0.154. The summed E-state index contributed by atoms with van der Waals surface area (Å²) in [5, 5.41) is 14.6. The van der Waals surface area contributed by atoms with Gasteiger partial charge in [-0.2, -0.15) is 0 Å². The summed E-state index contributed by atoms with van der Waals surface area (Å²) in [6, 6.07) is 12.5. The molecule has 0 aliphatic rings. The first-order valence-corrected chi connectivity index (χ1v) is 7.68. The Morgan fingerprint density at radius 2 is 2.00 bits per heavy atom. The molecule has 1 unspecified atom stereocenters. The van der Waals surface area contributed by atoms with Crippen molar-refractivity contribution < 1.29 is 0 Å². The molecule has 0 spiro atoms. The number of tetrazole rings is 1. The third-order valence-electron chi connectivity index (χ3n) is 2.88. The standard InChI is InChI=1S/C13H12BrN5S/c1-9(12-6-7-13(14)20-12)16-10-2-4-11(5-3-10)19-8-15-17-18-19/h2-9,16H,1H3.